The Morgan fingerprint density at radius 2 is 2.39 bits per heavy atom. The normalized spacial score (nSPS) is 13.0. The smallest absolute Gasteiger partial charge is 0.415 e. The summed E-state index contributed by atoms with van der Waals surface area (Å²) in [7, 11) is 0. The van der Waals surface area contributed by atoms with E-state index in [1.807, 2.05) is 0 Å². The zero-order valence-corrected chi connectivity index (χ0v) is 9.50. The minimum atomic E-state index is -1.23. The number of carboxylic acids is 1. The number of rotatable bonds is 3. The van der Waals surface area contributed by atoms with Crippen LogP contribution in [-0.2, 0) is 11.2 Å². The molecule has 0 unspecified atom stereocenters. The maximum absolute atomic E-state index is 11.7. The third kappa shape index (κ3) is 2.15. The van der Waals surface area contributed by atoms with E-state index in [2.05, 4.69) is 16.5 Å². The molecule has 1 aliphatic rings. The van der Waals surface area contributed by atoms with Crippen LogP contribution in [0.25, 0.3) is 0 Å². The van der Waals surface area contributed by atoms with Crippen LogP contribution in [0.3, 0.4) is 0 Å². The number of nitrogens with zero attached hydrogens (tertiary/aromatic N) is 3. The van der Waals surface area contributed by atoms with Crippen molar-refractivity contribution >= 4 is 17.9 Å². The molecule has 0 saturated carbocycles. The van der Waals surface area contributed by atoms with E-state index in [-0.39, 0.29) is 12.4 Å². The van der Waals surface area contributed by atoms with Gasteiger partial charge in [-0.15, -0.1) is 0 Å². The van der Waals surface area contributed by atoms with Gasteiger partial charge in [-0.2, -0.15) is 0 Å². The van der Waals surface area contributed by atoms with E-state index in [1.54, 1.807) is 0 Å². The molecule has 1 aromatic rings. The number of hydrogen-bond acceptors (Lipinski definition) is 5. The number of aromatic nitrogens is 2. The quantitative estimate of drug-likeness (QED) is 0.798. The highest BCUT2D eigenvalue weighted by molar-refractivity contribution is 5.90. The molecule has 1 aliphatic heterocycles. The Morgan fingerprint density at radius 3 is 3.06 bits per heavy atom. The molecule has 94 valence electrons. The zero-order chi connectivity index (χ0) is 13.1. The third-order valence-electron chi connectivity index (χ3n) is 2.44. The van der Waals surface area contributed by atoms with Crippen molar-refractivity contribution in [2.75, 3.05) is 18.1 Å². The minimum Gasteiger partial charge on any atom is -0.475 e. The first-order valence-corrected chi connectivity index (χ1v) is 5.28. The van der Waals surface area contributed by atoms with Gasteiger partial charge in [-0.25, -0.2) is 19.6 Å². The van der Waals surface area contributed by atoms with E-state index in [0.717, 1.165) is 5.56 Å². The molecule has 0 bridgehead atoms. The van der Waals surface area contributed by atoms with Gasteiger partial charge >= 0.3 is 12.1 Å². The van der Waals surface area contributed by atoms with Gasteiger partial charge in [0.25, 0.3) is 0 Å². The van der Waals surface area contributed by atoms with Crippen LogP contribution in [0.4, 0.5) is 10.6 Å². The van der Waals surface area contributed by atoms with Crippen LogP contribution in [0.15, 0.2) is 18.9 Å². The predicted molar refractivity (Wildman–Crippen MR) is 61.6 cm³/mol. The van der Waals surface area contributed by atoms with Crippen molar-refractivity contribution in [2.45, 2.75) is 6.42 Å². The van der Waals surface area contributed by atoms with Gasteiger partial charge in [0.05, 0.1) is 0 Å². The Balaban J connectivity index is 2.25. The summed E-state index contributed by atoms with van der Waals surface area (Å²) in [5.74, 6) is -1.27. The molecular weight excluding hydrogens is 238 g/mol. The highest BCUT2D eigenvalue weighted by Gasteiger charge is 2.28. The zero-order valence-electron chi connectivity index (χ0n) is 9.50. The van der Waals surface area contributed by atoms with E-state index < -0.39 is 12.1 Å². The fourth-order valence-electron chi connectivity index (χ4n) is 1.63. The highest BCUT2D eigenvalue weighted by Crippen LogP contribution is 2.25. The molecule has 1 aromatic heterocycles. The monoisotopic (exact) mass is 249 g/mol. The molecule has 0 atom stereocenters. The minimum absolute atomic E-state index is 0.0987. The first-order valence-electron chi connectivity index (χ1n) is 5.28. The summed E-state index contributed by atoms with van der Waals surface area (Å²) in [5.41, 5.74) is 0.732. The SMILES string of the molecule is C=CCOC(=O)N1CCc2cnc(C(=O)O)nc21. The van der Waals surface area contributed by atoms with Crippen molar-refractivity contribution in [1.82, 2.24) is 9.97 Å². The average molecular weight is 249 g/mol. The molecule has 0 fully saturated rings. The summed E-state index contributed by atoms with van der Waals surface area (Å²) >= 11 is 0. The molecule has 0 aromatic carbocycles. The lowest BCUT2D eigenvalue weighted by atomic mass is 10.3. The average Bonchev–Trinajstić information content (AvgIpc) is 2.78. The summed E-state index contributed by atoms with van der Waals surface area (Å²) in [5, 5.41) is 8.81. The van der Waals surface area contributed by atoms with E-state index in [4.69, 9.17) is 9.84 Å². The van der Waals surface area contributed by atoms with Gasteiger partial charge in [0, 0.05) is 18.3 Å². The number of carboxylic acid groups (broad SMARTS) is 1. The van der Waals surface area contributed by atoms with E-state index >= 15 is 0 Å². The van der Waals surface area contributed by atoms with Gasteiger partial charge in [-0.3, -0.25) is 4.90 Å². The van der Waals surface area contributed by atoms with Crippen LogP contribution in [0.2, 0.25) is 0 Å². The second-order valence-electron chi connectivity index (χ2n) is 3.61. The van der Waals surface area contributed by atoms with Gasteiger partial charge in [-0.05, 0) is 6.42 Å². The molecule has 1 amide bonds. The molecular formula is C11H11N3O4. The second kappa shape index (κ2) is 4.82. The molecule has 1 N–H and O–H groups in total. The molecule has 18 heavy (non-hydrogen) atoms. The summed E-state index contributed by atoms with van der Waals surface area (Å²) in [6.07, 6.45) is 2.89. The van der Waals surface area contributed by atoms with Crippen molar-refractivity contribution in [3.8, 4) is 0 Å². The largest absolute Gasteiger partial charge is 0.475 e. The lowest BCUT2D eigenvalue weighted by Gasteiger charge is -2.15. The lowest BCUT2D eigenvalue weighted by Crippen LogP contribution is -2.30. The topological polar surface area (TPSA) is 92.6 Å². The van der Waals surface area contributed by atoms with Crippen molar-refractivity contribution in [3.05, 3.63) is 30.2 Å². The maximum atomic E-state index is 11.7. The van der Waals surface area contributed by atoms with Crippen molar-refractivity contribution < 1.29 is 19.4 Å². The van der Waals surface area contributed by atoms with Gasteiger partial charge in [-0.1, -0.05) is 12.7 Å². The van der Waals surface area contributed by atoms with E-state index in [9.17, 15) is 9.59 Å². The maximum Gasteiger partial charge on any atom is 0.415 e. The van der Waals surface area contributed by atoms with Gasteiger partial charge in [0.15, 0.2) is 0 Å². The Labute approximate surface area is 103 Å². The van der Waals surface area contributed by atoms with Gasteiger partial charge < -0.3 is 9.84 Å². The number of ether oxygens (including phenoxy) is 1. The van der Waals surface area contributed by atoms with Gasteiger partial charge in [0.1, 0.15) is 12.4 Å². The molecule has 0 saturated heterocycles. The Hall–Kier alpha value is -2.44. The molecule has 7 nitrogen and oxygen atoms in total. The molecule has 0 radical (unpaired) electrons. The summed E-state index contributed by atoms with van der Waals surface area (Å²) < 4.78 is 4.89. The van der Waals surface area contributed by atoms with E-state index in [0.29, 0.717) is 18.8 Å². The first kappa shape index (κ1) is 12.0. The molecule has 2 rings (SSSR count). The van der Waals surface area contributed by atoms with Crippen molar-refractivity contribution in [2.24, 2.45) is 0 Å². The number of hydrogen-bond donors (Lipinski definition) is 1. The van der Waals surface area contributed by atoms with Crippen molar-refractivity contribution in [1.29, 1.82) is 0 Å². The Morgan fingerprint density at radius 1 is 1.61 bits per heavy atom. The van der Waals surface area contributed by atoms with Gasteiger partial charge in [0.2, 0.25) is 5.82 Å². The van der Waals surface area contributed by atoms with Crippen LogP contribution < -0.4 is 4.90 Å². The number of carbonyl (C=O) groups excluding carboxylic acids is 1. The fourth-order valence-corrected chi connectivity index (χ4v) is 1.63. The number of carbonyl (C=O) groups is 2. The predicted octanol–water partition coefficient (Wildman–Crippen LogP) is 0.860. The van der Waals surface area contributed by atoms with E-state index in [1.165, 1.54) is 17.2 Å². The van der Waals surface area contributed by atoms with Crippen molar-refractivity contribution in [3.63, 3.8) is 0 Å². The Bertz CT molecular complexity index is 515. The number of amides is 1. The van der Waals surface area contributed by atoms with Crippen LogP contribution in [0.5, 0.6) is 0 Å². The number of fused-ring (bicyclic) bond motifs is 1. The third-order valence-corrected chi connectivity index (χ3v) is 2.44. The number of aromatic carboxylic acids is 1. The molecule has 0 spiro atoms. The summed E-state index contributed by atoms with van der Waals surface area (Å²) in [6, 6.07) is 0. The number of anilines is 1. The second-order valence-corrected chi connectivity index (χ2v) is 3.61. The standard InChI is InChI=1S/C11H11N3O4/c1-2-5-18-11(17)14-4-3-7-6-12-8(10(15)16)13-9(7)14/h2,6H,1,3-5H2,(H,15,16). The fraction of sp³-hybridized carbons (Fsp3) is 0.273. The first-order chi connectivity index (χ1) is 8.63. The van der Waals surface area contributed by atoms with Crippen LogP contribution in [0.1, 0.15) is 16.2 Å². The molecule has 2 heterocycles. The highest BCUT2D eigenvalue weighted by atomic mass is 16.6. The molecule has 7 heteroatoms. The summed E-state index contributed by atoms with van der Waals surface area (Å²) in [6.45, 7) is 3.95. The molecule has 0 aliphatic carbocycles. The Kier molecular flexibility index (Phi) is 3.22. The van der Waals surface area contributed by atoms with Crippen LogP contribution in [0, 0.1) is 0 Å². The lowest BCUT2D eigenvalue weighted by molar-refractivity contribution is 0.0683. The van der Waals surface area contributed by atoms with Crippen LogP contribution in [-0.4, -0.2) is 40.3 Å². The summed E-state index contributed by atoms with van der Waals surface area (Å²) in [4.78, 5) is 31.3. The van der Waals surface area contributed by atoms with Crippen LogP contribution >= 0.6 is 0 Å².